The number of pyridine rings is 1. The minimum Gasteiger partial charge on any atom is -0.397 e. The van der Waals surface area contributed by atoms with Gasteiger partial charge in [-0.05, 0) is 32.3 Å². The van der Waals surface area contributed by atoms with Crippen molar-refractivity contribution in [1.82, 2.24) is 4.98 Å². The number of aromatic nitrogens is 1. The van der Waals surface area contributed by atoms with Gasteiger partial charge in [0.1, 0.15) is 11.9 Å². The molecule has 4 nitrogen and oxygen atoms in total. The minimum absolute atomic E-state index is 0.106. The first-order chi connectivity index (χ1) is 7.13. The Morgan fingerprint density at radius 1 is 1.60 bits per heavy atom. The molecule has 2 rings (SSSR count). The smallest absolute Gasteiger partial charge is 0.144 e. The number of hydrogen-bond donors (Lipinski definition) is 2. The van der Waals surface area contributed by atoms with Crippen LogP contribution >= 0.6 is 0 Å². The third kappa shape index (κ3) is 1.86. The van der Waals surface area contributed by atoms with E-state index in [4.69, 9.17) is 11.0 Å². The molecule has 0 unspecified atom stereocenters. The van der Waals surface area contributed by atoms with Crippen molar-refractivity contribution in [3.05, 3.63) is 17.8 Å². The van der Waals surface area contributed by atoms with Gasteiger partial charge >= 0.3 is 0 Å². The van der Waals surface area contributed by atoms with Crippen LogP contribution in [0, 0.1) is 11.3 Å². The number of hydrogen-bond acceptors (Lipinski definition) is 4. The van der Waals surface area contributed by atoms with Crippen molar-refractivity contribution < 1.29 is 0 Å². The molecule has 0 amide bonds. The molecular formula is C11H14N4. The summed E-state index contributed by atoms with van der Waals surface area (Å²) < 4.78 is 0. The topological polar surface area (TPSA) is 74.7 Å². The van der Waals surface area contributed by atoms with E-state index >= 15 is 0 Å². The standard InChI is InChI=1S/C11H14N4/c1-11(3-2-4-11)15-10-8(6-12)5-9(13)7-14-10/h5,7H,2-4,13H2,1H3,(H,14,15). The predicted octanol–water partition coefficient (Wildman–Crippen LogP) is 1.89. The first kappa shape index (κ1) is 9.78. The van der Waals surface area contributed by atoms with Crippen LogP contribution in [0.1, 0.15) is 31.7 Å². The van der Waals surface area contributed by atoms with Crippen molar-refractivity contribution in [3.8, 4) is 6.07 Å². The predicted molar refractivity (Wildman–Crippen MR) is 59.2 cm³/mol. The second-order valence-corrected chi connectivity index (χ2v) is 4.32. The van der Waals surface area contributed by atoms with Crippen LogP contribution in [0.2, 0.25) is 0 Å². The lowest BCUT2D eigenvalue weighted by Gasteiger charge is -2.39. The Hall–Kier alpha value is -1.76. The molecule has 4 heteroatoms. The largest absolute Gasteiger partial charge is 0.397 e. The summed E-state index contributed by atoms with van der Waals surface area (Å²) in [5, 5.41) is 12.3. The van der Waals surface area contributed by atoms with Gasteiger partial charge in [0.25, 0.3) is 0 Å². The van der Waals surface area contributed by atoms with Gasteiger partial charge in [0.15, 0.2) is 0 Å². The highest BCUT2D eigenvalue weighted by atomic mass is 15.1. The average molecular weight is 202 g/mol. The summed E-state index contributed by atoms with van der Waals surface area (Å²) in [7, 11) is 0. The van der Waals surface area contributed by atoms with Gasteiger partial charge in [0.2, 0.25) is 0 Å². The average Bonchev–Trinajstić information content (AvgIpc) is 2.18. The first-order valence-corrected chi connectivity index (χ1v) is 5.07. The fraction of sp³-hybridized carbons (Fsp3) is 0.455. The Bertz CT molecular complexity index is 415. The van der Waals surface area contributed by atoms with Crippen LogP contribution in [0.3, 0.4) is 0 Å². The Balaban J connectivity index is 2.25. The molecule has 1 aliphatic carbocycles. The highest BCUT2D eigenvalue weighted by Crippen LogP contribution is 2.34. The van der Waals surface area contributed by atoms with Gasteiger partial charge in [0, 0.05) is 5.54 Å². The van der Waals surface area contributed by atoms with Crippen molar-refractivity contribution in [3.63, 3.8) is 0 Å². The van der Waals surface area contributed by atoms with E-state index in [0.29, 0.717) is 17.1 Å². The molecule has 1 fully saturated rings. The van der Waals surface area contributed by atoms with Gasteiger partial charge in [0.05, 0.1) is 17.4 Å². The molecule has 0 bridgehead atoms. The van der Waals surface area contributed by atoms with Crippen LogP contribution in [0.4, 0.5) is 11.5 Å². The molecule has 1 aliphatic rings. The summed E-state index contributed by atoms with van der Waals surface area (Å²) in [6.07, 6.45) is 5.07. The second kappa shape index (κ2) is 3.43. The van der Waals surface area contributed by atoms with Crippen LogP contribution < -0.4 is 11.1 Å². The molecule has 0 spiro atoms. The summed E-state index contributed by atoms with van der Waals surface area (Å²) in [6.45, 7) is 2.15. The molecule has 1 aromatic heterocycles. The van der Waals surface area contributed by atoms with Crippen LogP contribution in [0.15, 0.2) is 12.3 Å². The lowest BCUT2D eigenvalue weighted by atomic mass is 9.78. The monoisotopic (exact) mass is 202 g/mol. The van der Waals surface area contributed by atoms with E-state index in [2.05, 4.69) is 23.3 Å². The third-order valence-corrected chi connectivity index (χ3v) is 2.91. The zero-order valence-corrected chi connectivity index (χ0v) is 8.75. The molecule has 0 atom stereocenters. The van der Waals surface area contributed by atoms with Gasteiger partial charge in [-0.25, -0.2) is 4.98 Å². The van der Waals surface area contributed by atoms with Gasteiger partial charge < -0.3 is 11.1 Å². The zero-order chi connectivity index (χ0) is 10.9. The number of anilines is 2. The lowest BCUT2D eigenvalue weighted by Crippen LogP contribution is -2.42. The molecule has 78 valence electrons. The SMILES string of the molecule is CC1(Nc2ncc(N)cc2C#N)CCC1. The quantitative estimate of drug-likeness (QED) is 0.768. The second-order valence-electron chi connectivity index (χ2n) is 4.32. The highest BCUT2D eigenvalue weighted by molar-refractivity contribution is 5.58. The van der Waals surface area contributed by atoms with Crippen molar-refractivity contribution in [2.45, 2.75) is 31.7 Å². The lowest BCUT2D eigenvalue weighted by molar-refractivity contribution is 0.305. The number of nitrogen functional groups attached to an aromatic ring is 1. The van der Waals surface area contributed by atoms with Crippen LogP contribution in [-0.2, 0) is 0 Å². The van der Waals surface area contributed by atoms with Gasteiger partial charge in [-0.3, -0.25) is 0 Å². The number of nitrogens with two attached hydrogens (primary N) is 1. The van der Waals surface area contributed by atoms with Gasteiger partial charge in [-0.1, -0.05) is 0 Å². The maximum Gasteiger partial charge on any atom is 0.144 e. The Morgan fingerprint density at radius 3 is 2.87 bits per heavy atom. The molecule has 0 saturated heterocycles. The number of nitrogens with zero attached hydrogens (tertiary/aromatic N) is 2. The molecule has 1 aromatic rings. The summed E-state index contributed by atoms with van der Waals surface area (Å²) in [5.74, 6) is 0.647. The van der Waals surface area contributed by atoms with Crippen molar-refractivity contribution in [2.24, 2.45) is 0 Å². The zero-order valence-electron chi connectivity index (χ0n) is 8.75. The molecule has 1 heterocycles. The van der Waals surface area contributed by atoms with Crippen molar-refractivity contribution in [1.29, 1.82) is 5.26 Å². The normalized spacial score (nSPS) is 17.6. The summed E-state index contributed by atoms with van der Waals surface area (Å²) in [6, 6.07) is 3.75. The number of nitrogens with one attached hydrogen (secondary N) is 1. The van der Waals surface area contributed by atoms with E-state index in [1.54, 1.807) is 12.3 Å². The maximum atomic E-state index is 8.94. The molecule has 0 aliphatic heterocycles. The number of nitriles is 1. The van der Waals surface area contributed by atoms with Crippen LogP contribution in [-0.4, -0.2) is 10.5 Å². The summed E-state index contributed by atoms with van der Waals surface area (Å²) >= 11 is 0. The van der Waals surface area contributed by atoms with Crippen molar-refractivity contribution >= 4 is 11.5 Å². The van der Waals surface area contributed by atoms with E-state index in [1.807, 2.05) is 0 Å². The van der Waals surface area contributed by atoms with E-state index in [-0.39, 0.29) is 5.54 Å². The van der Waals surface area contributed by atoms with E-state index in [1.165, 1.54) is 6.42 Å². The Morgan fingerprint density at radius 2 is 2.33 bits per heavy atom. The maximum absolute atomic E-state index is 8.94. The molecule has 0 aromatic carbocycles. The van der Waals surface area contributed by atoms with E-state index in [0.717, 1.165) is 12.8 Å². The fourth-order valence-corrected chi connectivity index (χ4v) is 1.78. The highest BCUT2D eigenvalue weighted by Gasteiger charge is 2.32. The Kier molecular flexibility index (Phi) is 2.24. The Labute approximate surface area is 89.1 Å². The van der Waals surface area contributed by atoms with E-state index < -0.39 is 0 Å². The molecule has 15 heavy (non-hydrogen) atoms. The van der Waals surface area contributed by atoms with Gasteiger partial charge in [-0.15, -0.1) is 0 Å². The van der Waals surface area contributed by atoms with E-state index in [9.17, 15) is 0 Å². The van der Waals surface area contributed by atoms with Gasteiger partial charge in [-0.2, -0.15) is 5.26 Å². The number of rotatable bonds is 2. The fourth-order valence-electron chi connectivity index (χ4n) is 1.78. The summed E-state index contributed by atoms with van der Waals surface area (Å²) in [5.41, 5.74) is 6.72. The third-order valence-electron chi connectivity index (χ3n) is 2.91. The first-order valence-electron chi connectivity index (χ1n) is 5.07. The van der Waals surface area contributed by atoms with Crippen LogP contribution in [0.25, 0.3) is 0 Å². The molecule has 1 saturated carbocycles. The minimum atomic E-state index is 0.106. The summed E-state index contributed by atoms with van der Waals surface area (Å²) in [4.78, 5) is 4.16. The molecular weight excluding hydrogens is 188 g/mol. The molecule has 0 radical (unpaired) electrons. The molecule has 3 N–H and O–H groups in total. The van der Waals surface area contributed by atoms with Crippen molar-refractivity contribution in [2.75, 3.05) is 11.1 Å². The van der Waals surface area contributed by atoms with Crippen LogP contribution in [0.5, 0.6) is 0 Å².